The van der Waals surface area contributed by atoms with Gasteiger partial charge >= 0.3 is 0 Å². The Bertz CT molecular complexity index is 873. The van der Waals surface area contributed by atoms with Crippen molar-refractivity contribution in [3.05, 3.63) is 47.5 Å². The second kappa shape index (κ2) is 14.4. The highest BCUT2D eigenvalue weighted by atomic mass is 35.5. The molecular formula is C25H34ClN3O3. The monoisotopic (exact) mass is 459 g/mol. The molecule has 0 fully saturated rings. The van der Waals surface area contributed by atoms with Crippen molar-refractivity contribution < 1.29 is 14.3 Å². The van der Waals surface area contributed by atoms with E-state index in [1.807, 2.05) is 31.2 Å². The first kappa shape index (κ1) is 25.5. The van der Waals surface area contributed by atoms with Gasteiger partial charge in [0.25, 0.3) is 0 Å². The highest BCUT2D eigenvalue weighted by Crippen LogP contribution is 2.25. The van der Waals surface area contributed by atoms with E-state index in [4.69, 9.17) is 16.3 Å². The number of unbranched alkanes of at least 4 members (excludes halogenated alkanes) is 4. The summed E-state index contributed by atoms with van der Waals surface area (Å²) in [6.45, 7) is 4.86. The molecule has 0 aliphatic carbocycles. The largest absolute Gasteiger partial charge is 0.494 e. The average molecular weight is 460 g/mol. The Kier molecular flexibility index (Phi) is 11.5. The second-order valence-corrected chi connectivity index (χ2v) is 8.09. The number of nitrogens with one attached hydrogen (secondary N) is 3. The Balaban J connectivity index is 1.82. The molecule has 2 rings (SSSR count). The van der Waals surface area contributed by atoms with E-state index in [0.29, 0.717) is 35.1 Å². The quantitative estimate of drug-likeness (QED) is 0.282. The molecule has 32 heavy (non-hydrogen) atoms. The summed E-state index contributed by atoms with van der Waals surface area (Å²) in [7, 11) is 0. The van der Waals surface area contributed by atoms with E-state index in [2.05, 4.69) is 22.9 Å². The lowest BCUT2D eigenvalue weighted by molar-refractivity contribution is -0.116. The molecule has 0 heterocycles. The summed E-state index contributed by atoms with van der Waals surface area (Å²) in [5.41, 5.74) is 1.89. The van der Waals surface area contributed by atoms with Crippen molar-refractivity contribution in [3.63, 3.8) is 0 Å². The number of carbonyl (C=O) groups is 2. The van der Waals surface area contributed by atoms with Crippen LogP contribution >= 0.6 is 11.6 Å². The standard InChI is InChI=1S/C25H34ClN3O3/c1-3-5-6-7-8-15-32-21-12-9-11-19(16-21)29-25(31)18-27-23-17-20(13-14-22(23)26)28-24(30)10-4-2/h9,11-14,16-17,27H,3-8,10,15,18H2,1-2H3,(H,28,30)(H,29,31). The minimum Gasteiger partial charge on any atom is -0.494 e. The van der Waals surface area contributed by atoms with Crippen LogP contribution in [0.4, 0.5) is 17.1 Å². The van der Waals surface area contributed by atoms with Crippen molar-refractivity contribution in [2.75, 3.05) is 29.1 Å². The van der Waals surface area contributed by atoms with Crippen LogP contribution in [0.15, 0.2) is 42.5 Å². The molecule has 0 bridgehead atoms. The molecule has 6 nitrogen and oxygen atoms in total. The lowest BCUT2D eigenvalue weighted by Gasteiger charge is -2.12. The van der Waals surface area contributed by atoms with E-state index in [9.17, 15) is 9.59 Å². The topological polar surface area (TPSA) is 79.5 Å². The molecule has 3 N–H and O–H groups in total. The number of halogens is 1. The molecule has 0 saturated carbocycles. The van der Waals surface area contributed by atoms with Crippen LogP contribution in [0.2, 0.25) is 5.02 Å². The smallest absolute Gasteiger partial charge is 0.243 e. The fraction of sp³-hybridized carbons (Fsp3) is 0.440. The molecule has 0 spiro atoms. The molecule has 2 aromatic carbocycles. The number of hydrogen-bond acceptors (Lipinski definition) is 4. The Morgan fingerprint density at radius 3 is 2.41 bits per heavy atom. The third-order valence-electron chi connectivity index (χ3n) is 4.80. The van der Waals surface area contributed by atoms with Gasteiger partial charge < -0.3 is 20.7 Å². The van der Waals surface area contributed by atoms with Crippen LogP contribution in [0.3, 0.4) is 0 Å². The molecule has 0 aliphatic heterocycles. The summed E-state index contributed by atoms with van der Waals surface area (Å²) in [5.74, 6) is 0.476. The van der Waals surface area contributed by atoms with Gasteiger partial charge in [-0.05, 0) is 43.2 Å². The SMILES string of the molecule is CCCCCCCOc1cccc(NC(=O)CNc2cc(NC(=O)CCC)ccc2Cl)c1. The molecule has 7 heteroatoms. The fourth-order valence-electron chi connectivity index (χ4n) is 3.13. The van der Waals surface area contributed by atoms with E-state index < -0.39 is 0 Å². The number of amides is 2. The lowest BCUT2D eigenvalue weighted by Crippen LogP contribution is -2.22. The number of anilines is 3. The molecule has 0 saturated heterocycles. The second-order valence-electron chi connectivity index (χ2n) is 7.69. The molecule has 2 amide bonds. The first-order valence-electron chi connectivity index (χ1n) is 11.4. The van der Waals surface area contributed by atoms with Crippen LogP contribution in [-0.4, -0.2) is 25.0 Å². The van der Waals surface area contributed by atoms with Crippen molar-refractivity contribution >= 4 is 40.5 Å². The zero-order valence-corrected chi connectivity index (χ0v) is 19.8. The first-order valence-corrected chi connectivity index (χ1v) is 11.8. The lowest BCUT2D eigenvalue weighted by atomic mass is 10.2. The molecule has 2 aromatic rings. The first-order chi connectivity index (χ1) is 15.5. The van der Waals surface area contributed by atoms with Gasteiger partial charge in [0, 0.05) is 23.9 Å². The molecule has 0 aromatic heterocycles. The average Bonchev–Trinajstić information content (AvgIpc) is 2.77. The molecule has 174 valence electrons. The predicted octanol–water partition coefficient (Wildman–Crippen LogP) is 6.48. The predicted molar refractivity (Wildman–Crippen MR) is 133 cm³/mol. The van der Waals surface area contributed by atoms with Crippen LogP contribution in [0.5, 0.6) is 5.75 Å². The van der Waals surface area contributed by atoms with E-state index in [0.717, 1.165) is 18.6 Å². The van der Waals surface area contributed by atoms with Crippen molar-refractivity contribution in [2.24, 2.45) is 0 Å². The Morgan fingerprint density at radius 2 is 1.62 bits per heavy atom. The normalized spacial score (nSPS) is 10.5. The van der Waals surface area contributed by atoms with Crippen LogP contribution in [-0.2, 0) is 9.59 Å². The van der Waals surface area contributed by atoms with Gasteiger partial charge in [-0.1, -0.05) is 57.2 Å². The van der Waals surface area contributed by atoms with Gasteiger partial charge in [-0.15, -0.1) is 0 Å². The van der Waals surface area contributed by atoms with Crippen molar-refractivity contribution in [1.82, 2.24) is 0 Å². The van der Waals surface area contributed by atoms with Crippen LogP contribution < -0.4 is 20.7 Å². The van der Waals surface area contributed by atoms with Gasteiger partial charge in [0.2, 0.25) is 11.8 Å². The zero-order valence-electron chi connectivity index (χ0n) is 19.0. The number of ether oxygens (including phenoxy) is 1. The van der Waals surface area contributed by atoms with Crippen LogP contribution in [0.25, 0.3) is 0 Å². The molecule has 0 aliphatic rings. The van der Waals surface area contributed by atoms with Gasteiger partial charge in [-0.2, -0.15) is 0 Å². The Morgan fingerprint density at radius 1 is 0.875 bits per heavy atom. The summed E-state index contributed by atoms with van der Waals surface area (Å²) < 4.78 is 5.80. The van der Waals surface area contributed by atoms with Crippen LogP contribution in [0.1, 0.15) is 58.8 Å². The Hall–Kier alpha value is -2.73. The van der Waals surface area contributed by atoms with Crippen molar-refractivity contribution in [3.8, 4) is 5.75 Å². The summed E-state index contributed by atoms with van der Waals surface area (Å²) >= 11 is 6.22. The molecule has 0 unspecified atom stereocenters. The van der Waals surface area contributed by atoms with Crippen molar-refractivity contribution in [2.45, 2.75) is 58.8 Å². The number of benzene rings is 2. The highest BCUT2D eigenvalue weighted by Gasteiger charge is 2.08. The maximum Gasteiger partial charge on any atom is 0.243 e. The van der Waals surface area contributed by atoms with Gasteiger partial charge in [-0.25, -0.2) is 0 Å². The summed E-state index contributed by atoms with van der Waals surface area (Å²) in [6.07, 6.45) is 7.15. The zero-order chi connectivity index (χ0) is 23.2. The number of rotatable bonds is 14. The minimum absolute atomic E-state index is 0.0363. The highest BCUT2D eigenvalue weighted by molar-refractivity contribution is 6.33. The maximum atomic E-state index is 12.4. The van der Waals surface area contributed by atoms with Gasteiger partial charge in [0.15, 0.2) is 0 Å². The third-order valence-corrected chi connectivity index (χ3v) is 5.13. The van der Waals surface area contributed by atoms with Gasteiger partial charge in [0.05, 0.1) is 23.9 Å². The van der Waals surface area contributed by atoms with E-state index >= 15 is 0 Å². The third kappa shape index (κ3) is 9.60. The van der Waals surface area contributed by atoms with E-state index in [1.54, 1.807) is 18.2 Å². The number of hydrogen-bond donors (Lipinski definition) is 3. The minimum atomic E-state index is -0.210. The van der Waals surface area contributed by atoms with Gasteiger partial charge in [0.1, 0.15) is 5.75 Å². The van der Waals surface area contributed by atoms with Crippen molar-refractivity contribution in [1.29, 1.82) is 0 Å². The summed E-state index contributed by atoms with van der Waals surface area (Å²) in [4.78, 5) is 24.2. The molecular weight excluding hydrogens is 426 g/mol. The van der Waals surface area contributed by atoms with Gasteiger partial charge in [-0.3, -0.25) is 9.59 Å². The Labute approximate surface area is 196 Å². The number of carbonyl (C=O) groups excluding carboxylic acids is 2. The maximum absolute atomic E-state index is 12.4. The summed E-state index contributed by atoms with van der Waals surface area (Å²) in [6, 6.07) is 12.5. The van der Waals surface area contributed by atoms with E-state index in [-0.39, 0.29) is 18.4 Å². The molecule has 0 atom stereocenters. The van der Waals surface area contributed by atoms with Crippen LogP contribution in [0, 0.1) is 0 Å². The summed E-state index contributed by atoms with van der Waals surface area (Å²) in [5, 5.41) is 9.18. The molecule has 0 radical (unpaired) electrons. The fourth-order valence-corrected chi connectivity index (χ4v) is 3.31. The van der Waals surface area contributed by atoms with E-state index in [1.165, 1.54) is 25.7 Å².